The fraction of sp³-hybridized carbons (Fsp3) is 0.211. The maximum atomic E-state index is 12.9. The van der Waals surface area contributed by atoms with E-state index in [0.717, 1.165) is 0 Å². The molecule has 28 heavy (non-hydrogen) atoms. The van der Waals surface area contributed by atoms with Crippen LogP contribution in [-0.2, 0) is 15.1 Å². The summed E-state index contributed by atoms with van der Waals surface area (Å²) >= 11 is 11.8. The molecule has 0 aliphatic carbocycles. The second-order valence-electron chi connectivity index (χ2n) is 6.09. The minimum absolute atomic E-state index is 0.240. The average Bonchev–Trinajstić information content (AvgIpc) is 2.93. The predicted molar refractivity (Wildman–Crippen MR) is 104 cm³/mol. The molecule has 1 heterocycles. The summed E-state index contributed by atoms with van der Waals surface area (Å²) < 4.78 is 5.32. The number of hydrogen-bond donors (Lipinski definition) is 2. The Labute approximate surface area is 171 Å². The topological polar surface area (TPSA) is 87.7 Å². The summed E-state index contributed by atoms with van der Waals surface area (Å²) in [4.78, 5) is 37.5. The lowest BCUT2D eigenvalue weighted by Crippen LogP contribution is -2.49. The number of hydrazine groups is 1. The lowest BCUT2D eigenvalue weighted by molar-refractivity contribution is -0.140. The maximum absolute atomic E-state index is 12.9. The highest BCUT2D eigenvalue weighted by Crippen LogP contribution is 2.31. The van der Waals surface area contributed by atoms with Gasteiger partial charge in [-0.1, -0.05) is 60.5 Å². The van der Waals surface area contributed by atoms with Crippen LogP contribution in [0.2, 0.25) is 10.0 Å². The molecule has 1 unspecified atom stereocenters. The minimum atomic E-state index is -1.23. The number of amides is 4. The van der Waals surface area contributed by atoms with E-state index in [2.05, 4.69) is 10.7 Å². The number of rotatable bonds is 6. The largest absolute Gasteiger partial charge is 0.482 e. The fourth-order valence-corrected chi connectivity index (χ4v) is 3.39. The molecule has 2 aromatic rings. The smallest absolute Gasteiger partial charge is 0.344 e. The number of benzene rings is 2. The number of carbonyl (C=O) groups excluding carboxylic acids is 3. The number of carbonyl (C=O) groups is 3. The Morgan fingerprint density at radius 2 is 1.89 bits per heavy atom. The Balaban J connectivity index is 1.69. The van der Waals surface area contributed by atoms with Gasteiger partial charge in [-0.05, 0) is 30.2 Å². The first-order valence-corrected chi connectivity index (χ1v) is 9.22. The van der Waals surface area contributed by atoms with Gasteiger partial charge in [-0.25, -0.2) is 4.79 Å². The molecule has 2 aromatic carbocycles. The summed E-state index contributed by atoms with van der Waals surface area (Å²) in [6, 6.07) is 12.7. The Morgan fingerprint density at radius 3 is 2.54 bits per heavy atom. The molecule has 1 fully saturated rings. The van der Waals surface area contributed by atoms with Crippen molar-refractivity contribution >= 4 is 41.0 Å². The number of nitrogens with zero attached hydrogens (tertiary/aromatic N) is 1. The van der Waals surface area contributed by atoms with Crippen LogP contribution >= 0.6 is 23.2 Å². The second kappa shape index (κ2) is 8.08. The fourth-order valence-electron chi connectivity index (χ4n) is 2.93. The van der Waals surface area contributed by atoms with Gasteiger partial charge in [0.15, 0.2) is 6.61 Å². The van der Waals surface area contributed by atoms with Gasteiger partial charge in [0, 0.05) is 5.02 Å². The zero-order valence-electron chi connectivity index (χ0n) is 14.9. The van der Waals surface area contributed by atoms with Gasteiger partial charge in [0.2, 0.25) is 0 Å². The first kappa shape index (κ1) is 20.0. The van der Waals surface area contributed by atoms with Crippen LogP contribution in [0, 0.1) is 0 Å². The molecule has 0 radical (unpaired) electrons. The molecule has 1 atom stereocenters. The van der Waals surface area contributed by atoms with Gasteiger partial charge < -0.3 is 10.1 Å². The van der Waals surface area contributed by atoms with Crippen molar-refractivity contribution in [2.45, 2.75) is 18.9 Å². The number of hydrogen-bond acceptors (Lipinski definition) is 4. The molecule has 0 spiro atoms. The van der Waals surface area contributed by atoms with Crippen molar-refractivity contribution in [2.75, 3.05) is 6.61 Å². The maximum Gasteiger partial charge on any atom is 0.344 e. The van der Waals surface area contributed by atoms with E-state index in [0.29, 0.717) is 22.0 Å². The lowest BCUT2D eigenvalue weighted by Gasteiger charge is -2.25. The van der Waals surface area contributed by atoms with E-state index in [-0.39, 0.29) is 10.8 Å². The molecule has 9 heteroatoms. The molecule has 146 valence electrons. The van der Waals surface area contributed by atoms with Crippen molar-refractivity contribution in [2.24, 2.45) is 0 Å². The Bertz CT molecular complexity index is 923. The number of nitrogens with one attached hydrogen (secondary N) is 2. The summed E-state index contributed by atoms with van der Waals surface area (Å²) in [5.74, 6) is -0.996. The summed E-state index contributed by atoms with van der Waals surface area (Å²) in [5, 5.41) is 4.01. The monoisotopic (exact) mass is 421 g/mol. The second-order valence-corrected chi connectivity index (χ2v) is 6.94. The van der Waals surface area contributed by atoms with E-state index in [1.54, 1.807) is 37.3 Å². The summed E-state index contributed by atoms with van der Waals surface area (Å²) in [7, 11) is 0. The first-order chi connectivity index (χ1) is 13.4. The third-order valence-corrected chi connectivity index (χ3v) is 4.91. The summed E-state index contributed by atoms with van der Waals surface area (Å²) in [5.41, 5.74) is 1.68. The van der Waals surface area contributed by atoms with Crippen LogP contribution in [0.3, 0.4) is 0 Å². The molecular weight excluding hydrogens is 405 g/mol. The lowest BCUT2D eigenvalue weighted by atomic mass is 9.87. The van der Waals surface area contributed by atoms with E-state index < -0.39 is 30.0 Å². The zero-order valence-corrected chi connectivity index (χ0v) is 16.4. The molecule has 1 aliphatic heterocycles. The Morgan fingerprint density at radius 1 is 1.18 bits per heavy atom. The first-order valence-electron chi connectivity index (χ1n) is 8.47. The van der Waals surface area contributed by atoms with Crippen LogP contribution in [0.4, 0.5) is 4.79 Å². The van der Waals surface area contributed by atoms with Crippen LogP contribution in [0.15, 0.2) is 48.5 Å². The molecular formula is C19H17Cl2N3O4. The molecule has 2 N–H and O–H groups in total. The Kier molecular flexibility index (Phi) is 5.76. The predicted octanol–water partition coefficient (Wildman–Crippen LogP) is 3.26. The Hall–Kier alpha value is -2.77. The molecule has 0 aromatic heterocycles. The molecule has 4 amide bonds. The van der Waals surface area contributed by atoms with Crippen LogP contribution in [0.1, 0.15) is 18.9 Å². The third kappa shape index (κ3) is 3.76. The molecule has 1 saturated heterocycles. The van der Waals surface area contributed by atoms with E-state index in [1.807, 2.05) is 6.07 Å². The standard InChI is InChI=1S/C19H17Cl2N3O4/c1-2-19(12-6-4-3-5-7-12)17(26)24(18(27)22-19)23-16(25)11-28-15-9-8-13(20)10-14(15)21/h3-10H,2,11H2,1H3,(H,22,27)(H,23,25). The summed E-state index contributed by atoms with van der Waals surface area (Å²) in [6.45, 7) is 1.34. The van der Waals surface area contributed by atoms with E-state index in [9.17, 15) is 14.4 Å². The zero-order chi connectivity index (χ0) is 20.3. The minimum Gasteiger partial charge on any atom is -0.482 e. The highest BCUT2D eigenvalue weighted by Gasteiger charge is 2.52. The number of urea groups is 1. The quantitative estimate of drug-likeness (QED) is 0.700. The highest BCUT2D eigenvalue weighted by molar-refractivity contribution is 6.35. The van der Waals surface area contributed by atoms with E-state index >= 15 is 0 Å². The SMILES string of the molecule is CCC1(c2ccccc2)NC(=O)N(NC(=O)COc2ccc(Cl)cc2Cl)C1=O. The molecule has 7 nitrogen and oxygen atoms in total. The normalized spacial score (nSPS) is 18.8. The van der Waals surface area contributed by atoms with E-state index in [1.165, 1.54) is 12.1 Å². The van der Waals surface area contributed by atoms with Crippen molar-refractivity contribution in [3.63, 3.8) is 0 Å². The third-order valence-electron chi connectivity index (χ3n) is 4.38. The van der Waals surface area contributed by atoms with Crippen molar-refractivity contribution in [1.82, 2.24) is 15.8 Å². The van der Waals surface area contributed by atoms with Crippen LogP contribution in [0.25, 0.3) is 0 Å². The van der Waals surface area contributed by atoms with Gasteiger partial charge in [0.05, 0.1) is 5.02 Å². The van der Waals surface area contributed by atoms with Gasteiger partial charge in [-0.15, -0.1) is 0 Å². The van der Waals surface area contributed by atoms with Gasteiger partial charge in [0.1, 0.15) is 11.3 Å². The molecule has 1 aliphatic rings. The average molecular weight is 422 g/mol. The van der Waals surface area contributed by atoms with Gasteiger partial charge >= 0.3 is 6.03 Å². The van der Waals surface area contributed by atoms with Crippen molar-refractivity contribution < 1.29 is 19.1 Å². The van der Waals surface area contributed by atoms with Gasteiger partial charge in [0.25, 0.3) is 11.8 Å². The number of imide groups is 1. The highest BCUT2D eigenvalue weighted by atomic mass is 35.5. The van der Waals surface area contributed by atoms with Gasteiger partial charge in [-0.3, -0.25) is 15.0 Å². The van der Waals surface area contributed by atoms with E-state index in [4.69, 9.17) is 27.9 Å². The molecule has 0 bridgehead atoms. The van der Waals surface area contributed by atoms with Gasteiger partial charge in [-0.2, -0.15) is 5.01 Å². The van der Waals surface area contributed by atoms with Crippen LogP contribution in [0.5, 0.6) is 5.75 Å². The van der Waals surface area contributed by atoms with Crippen molar-refractivity contribution in [1.29, 1.82) is 0 Å². The van der Waals surface area contributed by atoms with Crippen LogP contribution in [-0.4, -0.2) is 29.5 Å². The van der Waals surface area contributed by atoms with Crippen molar-refractivity contribution in [3.8, 4) is 5.75 Å². The number of ether oxygens (including phenoxy) is 1. The number of halogens is 2. The molecule has 3 rings (SSSR count). The summed E-state index contributed by atoms with van der Waals surface area (Å²) in [6.07, 6.45) is 0.324. The van der Waals surface area contributed by atoms with Crippen molar-refractivity contribution in [3.05, 3.63) is 64.1 Å². The molecule has 0 saturated carbocycles. The van der Waals surface area contributed by atoms with Crippen LogP contribution < -0.4 is 15.5 Å².